The van der Waals surface area contributed by atoms with Gasteiger partial charge in [-0.1, -0.05) is 11.6 Å². The van der Waals surface area contributed by atoms with Crippen LogP contribution in [0.5, 0.6) is 0 Å². The molecule has 0 bridgehead atoms. The van der Waals surface area contributed by atoms with E-state index in [0.717, 1.165) is 11.3 Å². The van der Waals surface area contributed by atoms with Crippen LogP contribution in [-0.2, 0) is 20.0 Å². The number of nitrogens with one attached hydrogen (secondary N) is 2. The lowest BCUT2D eigenvalue weighted by atomic mass is 10.7. The van der Waals surface area contributed by atoms with Gasteiger partial charge in [0.15, 0.2) is 0 Å². The molecule has 0 fully saturated rings. The first-order valence-corrected chi connectivity index (χ1v) is 8.76. The van der Waals surface area contributed by atoms with Gasteiger partial charge >= 0.3 is 0 Å². The van der Waals surface area contributed by atoms with Crippen molar-refractivity contribution < 1.29 is 16.8 Å². The van der Waals surface area contributed by atoms with Crippen molar-refractivity contribution >= 4 is 43.0 Å². The summed E-state index contributed by atoms with van der Waals surface area (Å²) in [6.07, 6.45) is 0. The Balaban J connectivity index is 2.64. The van der Waals surface area contributed by atoms with Crippen LogP contribution in [0.25, 0.3) is 0 Å². The minimum absolute atomic E-state index is 0.0596. The van der Waals surface area contributed by atoms with Crippen molar-refractivity contribution in [3.05, 3.63) is 16.5 Å². The highest BCUT2D eigenvalue weighted by atomic mass is 35.5. The summed E-state index contributed by atoms with van der Waals surface area (Å²) < 4.78 is 50.1. The molecule has 0 aliphatic rings. The van der Waals surface area contributed by atoms with Gasteiger partial charge in [0, 0.05) is 6.54 Å². The topological polar surface area (TPSA) is 92.3 Å². The van der Waals surface area contributed by atoms with Gasteiger partial charge < -0.3 is 0 Å². The molecule has 0 atom stereocenters. The number of rotatable bonds is 6. The van der Waals surface area contributed by atoms with Gasteiger partial charge in [-0.25, -0.2) is 26.3 Å². The summed E-state index contributed by atoms with van der Waals surface area (Å²) >= 11 is 6.52. The standard InChI is InChI=1S/C7H11ClN2O4S3/c1-9-16(11,12)5-4-10-17(13,14)7-3-2-6(8)15-7/h2-3,9-10H,4-5H2,1H3. The van der Waals surface area contributed by atoms with E-state index in [1.165, 1.54) is 19.2 Å². The van der Waals surface area contributed by atoms with Crippen LogP contribution >= 0.6 is 22.9 Å². The number of halogens is 1. The molecule has 0 saturated heterocycles. The van der Waals surface area contributed by atoms with E-state index in [9.17, 15) is 16.8 Å². The molecule has 6 nitrogen and oxygen atoms in total. The van der Waals surface area contributed by atoms with Gasteiger partial charge in [-0.3, -0.25) is 0 Å². The third kappa shape index (κ3) is 4.53. The van der Waals surface area contributed by atoms with E-state index in [2.05, 4.69) is 9.44 Å². The molecule has 0 radical (unpaired) electrons. The van der Waals surface area contributed by atoms with Crippen LogP contribution in [0.15, 0.2) is 16.3 Å². The Kier molecular flexibility index (Phi) is 4.93. The molecule has 98 valence electrons. The first-order valence-electron chi connectivity index (χ1n) is 4.43. The molecule has 0 aliphatic carbocycles. The Morgan fingerprint density at radius 2 is 1.94 bits per heavy atom. The fourth-order valence-electron chi connectivity index (χ4n) is 0.926. The Labute approximate surface area is 109 Å². The molecule has 0 unspecified atom stereocenters. The molecule has 0 aliphatic heterocycles. The number of hydrogen-bond donors (Lipinski definition) is 2. The number of sulfonamides is 2. The van der Waals surface area contributed by atoms with Crippen LogP contribution in [0.4, 0.5) is 0 Å². The van der Waals surface area contributed by atoms with Gasteiger partial charge in [-0.05, 0) is 19.2 Å². The predicted molar refractivity (Wildman–Crippen MR) is 67.4 cm³/mol. The van der Waals surface area contributed by atoms with Gasteiger partial charge in [0.05, 0.1) is 10.1 Å². The molecule has 2 N–H and O–H groups in total. The lowest BCUT2D eigenvalue weighted by Crippen LogP contribution is -2.32. The van der Waals surface area contributed by atoms with Crippen LogP contribution in [0.2, 0.25) is 4.34 Å². The average molecular weight is 319 g/mol. The molecule has 0 spiro atoms. The monoisotopic (exact) mass is 318 g/mol. The van der Waals surface area contributed by atoms with Crippen LogP contribution in [0.3, 0.4) is 0 Å². The van der Waals surface area contributed by atoms with E-state index in [1.54, 1.807) is 0 Å². The second-order valence-corrected chi connectivity index (χ2v) is 8.73. The SMILES string of the molecule is CNS(=O)(=O)CCNS(=O)(=O)c1ccc(Cl)s1. The summed E-state index contributed by atoms with van der Waals surface area (Å²) in [4.78, 5) is 0. The zero-order chi connectivity index (χ0) is 13.1. The van der Waals surface area contributed by atoms with Crippen LogP contribution in [0, 0.1) is 0 Å². The lowest BCUT2D eigenvalue weighted by molar-refractivity contribution is 0.580. The minimum atomic E-state index is -3.68. The molecule has 1 rings (SSSR count). The fourth-order valence-corrected chi connectivity index (χ4v) is 4.19. The van der Waals surface area contributed by atoms with Crippen molar-refractivity contribution in [2.24, 2.45) is 0 Å². The van der Waals surface area contributed by atoms with Crippen molar-refractivity contribution in [2.45, 2.75) is 4.21 Å². The van der Waals surface area contributed by atoms with E-state index in [4.69, 9.17) is 11.6 Å². The van der Waals surface area contributed by atoms with Gasteiger partial charge in [0.2, 0.25) is 20.0 Å². The van der Waals surface area contributed by atoms with Crippen LogP contribution in [0.1, 0.15) is 0 Å². The van der Waals surface area contributed by atoms with E-state index < -0.39 is 20.0 Å². The fraction of sp³-hybridized carbons (Fsp3) is 0.429. The lowest BCUT2D eigenvalue weighted by Gasteiger charge is -2.04. The molecule has 1 heterocycles. The van der Waals surface area contributed by atoms with Crippen LogP contribution < -0.4 is 9.44 Å². The average Bonchev–Trinajstić information content (AvgIpc) is 2.65. The van der Waals surface area contributed by atoms with Gasteiger partial charge in [0.1, 0.15) is 4.21 Å². The molecule has 17 heavy (non-hydrogen) atoms. The first-order chi connectivity index (χ1) is 7.77. The minimum Gasteiger partial charge on any atom is -0.218 e. The van der Waals surface area contributed by atoms with Gasteiger partial charge in [0.25, 0.3) is 0 Å². The highest BCUT2D eigenvalue weighted by molar-refractivity contribution is 7.92. The molecular formula is C7H11ClN2O4S3. The summed E-state index contributed by atoms with van der Waals surface area (Å²) in [7, 11) is -5.83. The highest BCUT2D eigenvalue weighted by Crippen LogP contribution is 2.25. The molecule has 1 aromatic rings. The van der Waals surface area contributed by atoms with E-state index in [-0.39, 0.29) is 16.5 Å². The van der Waals surface area contributed by atoms with E-state index >= 15 is 0 Å². The quantitative estimate of drug-likeness (QED) is 0.785. The summed E-state index contributed by atoms with van der Waals surface area (Å²) in [6, 6.07) is 2.83. The number of hydrogen-bond acceptors (Lipinski definition) is 5. The van der Waals surface area contributed by atoms with Crippen molar-refractivity contribution in [1.82, 2.24) is 9.44 Å². The van der Waals surface area contributed by atoms with E-state index in [1.807, 2.05) is 0 Å². The second-order valence-electron chi connectivity index (χ2n) is 2.98. The maximum absolute atomic E-state index is 11.6. The zero-order valence-corrected chi connectivity index (χ0v) is 12.0. The largest absolute Gasteiger partial charge is 0.250 e. The van der Waals surface area contributed by atoms with Crippen molar-refractivity contribution in [3.63, 3.8) is 0 Å². The zero-order valence-electron chi connectivity index (χ0n) is 8.80. The van der Waals surface area contributed by atoms with Crippen molar-refractivity contribution in [1.29, 1.82) is 0 Å². The molecule has 0 saturated carbocycles. The third-order valence-corrected chi connectivity index (χ3v) is 6.33. The maximum atomic E-state index is 11.6. The first kappa shape index (κ1) is 14.9. The molecule has 0 aromatic carbocycles. The van der Waals surface area contributed by atoms with Gasteiger partial charge in [-0.2, -0.15) is 0 Å². The third-order valence-electron chi connectivity index (χ3n) is 1.79. The summed E-state index contributed by atoms with van der Waals surface area (Å²) in [5.74, 6) is -0.318. The highest BCUT2D eigenvalue weighted by Gasteiger charge is 2.17. The van der Waals surface area contributed by atoms with E-state index in [0.29, 0.717) is 4.34 Å². The molecule has 0 amide bonds. The molecular weight excluding hydrogens is 308 g/mol. The molecule has 1 aromatic heterocycles. The Bertz CT molecular complexity index is 578. The normalized spacial score (nSPS) is 12.8. The Morgan fingerprint density at radius 1 is 1.29 bits per heavy atom. The summed E-state index contributed by atoms with van der Waals surface area (Å²) in [5, 5.41) is 0. The summed E-state index contributed by atoms with van der Waals surface area (Å²) in [5.41, 5.74) is 0. The van der Waals surface area contributed by atoms with Gasteiger partial charge in [-0.15, -0.1) is 11.3 Å². The molecule has 10 heteroatoms. The predicted octanol–water partition coefficient (Wildman–Crippen LogP) is 0.229. The Morgan fingerprint density at radius 3 is 2.41 bits per heavy atom. The van der Waals surface area contributed by atoms with Crippen molar-refractivity contribution in [3.8, 4) is 0 Å². The smallest absolute Gasteiger partial charge is 0.218 e. The Hall–Kier alpha value is -0.190. The van der Waals surface area contributed by atoms with Crippen molar-refractivity contribution in [2.75, 3.05) is 19.3 Å². The van der Waals surface area contributed by atoms with Crippen LogP contribution in [-0.4, -0.2) is 36.2 Å². The second kappa shape index (κ2) is 5.63. The number of thiophene rings is 1. The summed E-state index contributed by atoms with van der Waals surface area (Å²) in [6.45, 7) is -0.193. The maximum Gasteiger partial charge on any atom is 0.250 e.